The fourth-order valence-electron chi connectivity index (χ4n) is 2.53. The number of para-hydroxylation sites is 1. The Kier molecular flexibility index (Phi) is 4.71. The van der Waals surface area contributed by atoms with Crippen LogP contribution in [0.3, 0.4) is 0 Å². The lowest BCUT2D eigenvalue weighted by Gasteiger charge is -2.05. The van der Waals surface area contributed by atoms with E-state index in [4.69, 9.17) is 0 Å². The van der Waals surface area contributed by atoms with E-state index >= 15 is 0 Å². The SMILES string of the molecule is CCc1nnc(NC(=O)c2nc(-c3ccccc3)n(-c3ccccc3)n2)s1. The predicted octanol–water partition coefficient (Wildman–Crippen LogP) is 3.60. The van der Waals surface area contributed by atoms with Crippen molar-refractivity contribution in [2.24, 2.45) is 0 Å². The minimum absolute atomic E-state index is 0.0750. The average Bonchev–Trinajstić information content (AvgIpc) is 3.36. The van der Waals surface area contributed by atoms with Gasteiger partial charge >= 0.3 is 0 Å². The lowest BCUT2D eigenvalue weighted by atomic mass is 10.2. The summed E-state index contributed by atoms with van der Waals surface area (Å²) in [6.07, 6.45) is 0.770. The molecular weight excluding hydrogens is 360 g/mol. The van der Waals surface area contributed by atoms with E-state index < -0.39 is 5.91 Å². The van der Waals surface area contributed by atoms with Crippen molar-refractivity contribution in [1.82, 2.24) is 25.0 Å². The first kappa shape index (κ1) is 17.0. The summed E-state index contributed by atoms with van der Waals surface area (Å²) in [6, 6.07) is 19.2. The van der Waals surface area contributed by atoms with Crippen LogP contribution in [-0.2, 0) is 6.42 Å². The monoisotopic (exact) mass is 376 g/mol. The zero-order valence-corrected chi connectivity index (χ0v) is 15.3. The number of carbonyl (C=O) groups is 1. The Morgan fingerprint density at radius 3 is 2.41 bits per heavy atom. The number of benzene rings is 2. The first-order valence-corrected chi connectivity index (χ1v) is 9.28. The van der Waals surface area contributed by atoms with Gasteiger partial charge in [0, 0.05) is 5.56 Å². The number of rotatable bonds is 5. The topological polar surface area (TPSA) is 85.6 Å². The van der Waals surface area contributed by atoms with Crippen LogP contribution < -0.4 is 5.32 Å². The van der Waals surface area contributed by atoms with Crippen LogP contribution in [-0.4, -0.2) is 30.9 Å². The molecular formula is C19H16N6OS. The maximum Gasteiger partial charge on any atom is 0.297 e. The fourth-order valence-corrected chi connectivity index (χ4v) is 3.21. The lowest BCUT2D eigenvalue weighted by molar-refractivity contribution is 0.101. The minimum Gasteiger partial charge on any atom is -0.294 e. The normalized spacial score (nSPS) is 10.7. The Morgan fingerprint density at radius 2 is 1.74 bits per heavy atom. The molecule has 1 amide bonds. The molecule has 0 aliphatic heterocycles. The lowest BCUT2D eigenvalue weighted by Crippen LogP contribution is -2.14. The molecule has 0 saturated carbocycles. The van der Waals surface area contributed by atoms with Crippen molar-refractivity contribution in [2.75, 3.05) is 5.32 Å². The van der Waals surface area contributed by atoms with Gasteiger partial charge in [-0.3, -0.25) is 10.1 Å². The van der Waals surface area contributed by atoms with Gasteiger partial charge in [0.1, 0.15) is 5.01 Å². The highest BCUT2D eigenvalue weighted by atomic mass is 32.1. The molecule has 1 N–H and O–H groups in total. The number of hydrogen-bond donors (Lipinski definition) is 1. The molecule has 2 aromatic heterocycles. The average molecular weight is 376 g/mol. The van der Waals surface area contributed by atoms with Gasteiger partial charge in [-0.25, -0.2) is 9.67 Å². The number of amides is 1. The van der Waals surface area contributed by atoms with Crippen molar-refractivity contribution in [3.63, 3.8) is 0 Å². The molecule has 4 aromatic rings. The van der Waals surface area contributed by atoms with Crippen molar-refractivity contribution in [3.8, 4) is 17.1 Å². The first-order chi connectivity index (χ1) is 13.2. The summed E-state index contributed by atoms with van der Waals surface area (Å²) < 4.78 is 1.67. The highest BCUT2D eigenvalue weighted by molar-refractivity contribution is 7.15. The van der Waals surface area contributed by atoms with Crippen LogP contribution in [0, 0.1) is 0 Å². The van der Waals surface area contributed by atoms with Crippen molar-refractivity contribution in [1.29, 1.82) is 0 Å². The summed E-state index contributed by atoms with van der Waals surface area (Å²) >= 11 is 1.34. The summed E-state index contributed by atoms with van der Waals surface area (Å²) in [4.78, 5) is 17.1. The number of anilines is 1. The van der Waals surface area contributed by atoms with Gasteiger partial charge in [-0.2, -0.15) is 0 Å². The molecule has 0 saturated heterocycles. The molecule has 134 valence electrons. The number of carbonyl (C=O) groups excluding carboxylic acids is 1. The molecule has 4 rings (SSSR count). The Bertz CT molecular complexity index is 1000. The second kappa shape index (κ2) is 7.46. The zero-order chi connectivity index (χ0) is 18.6. The van der Waals surface area contributed by atoms with Crippen molar-refractivity contribution < 1.29 is 4.79 Å². The standard InChI is InChI=1S/C19H16N6OS/c1-2-15-22-23-19(27-15)21-18(26)16-20-17(13-9-5-3-6-10-13)25(24-16)14-11-7-4-8-12-14/h3-12H,2H2,1H3,(H,21,23,26). The number of aryl methyl sites for hydroxylation is 1. The van der Waals surface area contributed by atoms with Crippen LogP contribution in [0.4, 0.5) is 5.13 Å². The largest absolute Gasteiger partial charge is 0.297 e. The number of aromatic nitrogens is 5. The first-order valence-electron chi connectivity index (χ1n) is 8.46. The van der Waals surface area contributed by atoms with Crippen LogP contribution in [0.5, 0.6) is 0 Å². The van der Waals surface area contributed by atoms with E-state index in [0.29, 0.717) is 11.0 Å². The van der Waals surface area contributed by atoms with Gasteiger partial charge in [-0.15, -0.1) is 15.3 Å². The second-order valence-corrected chi connectivity index (χ2v) is 6.74. The highest BCUT2D eigenvalue weighted by Gasteiger charge is 2.19. The van der Waals surface area contributed by atoms with Crippen LogP contribution in [0.1, 0.15) is 22.6 Å². The summed E-state index contributed by atoms with van der Waals surface area (Å²) in [5.41, 5.74) is 1.70. The second-order valence-electron chi connectivity index (χ2n) is 5.68. The molecule has 0 spiro atoms. The smallest absolute Gasteiger partial charge is 0.294 e. The summed E-state index contributed by atoms with van der Waals surface area (Å²) in [6.45, 7) is 1.99. The maximum absolute atomic E-state index is 12.6. The van der Waals surface area contributed by atoms with E-state index in [2.05, 4.69) is 25.6 Å². The van der Waals surface area contributed by atoms with Gasteiger partial charge in [0.15, 0.2) is 5.82 Å². The molecule has 7 nitrogen and oxygen atoms in total. The van der Waals surface area contributed by atoms with E-state index in [1.807, 2.05) is 67.6 Å². The number of nitrogens with one attached hydrogen (secondary N) is 1. The molecule has 2 heterocycles. The Labute approximate surface area is 159 Å². The van der Waals surface area contributed by atoms with Gasteiger partial charge in [-0.05, 0) is 18.6 Å². The van der Waals surface area contributed by atoms with Crippen LogP contribution in [0.2, 0.25) is 0 Å². The van der Waals surface area contributed by atoms with E-state index in [1.165, 1.54) is 11.3 Å². The molecule has 2 aromatic carbocycles. The molecule has 0 aliphatic rings. The quantitative estimate of drug-likeness (QED) is 0.575. The van der Waals surface area contributed by atoms with Gasteiger partial charge in [0.2, 0.25) is 11.0 Å². The maximum atomic E-state index is 12.6. The molecule has 0 aliphatic carbocycles. The summed E-state index contributed by atoms with van der Waals surface area (Å²) in [7, 11) is 0. The summed E-state index contributed by atoms with van der Waals surface area (Å²) in [5.74, 6) is 0.255. The van der Waals surface area contributed by atoms with Gasteiger partial charge in [-0.1, -0.05) is 66.8 Å². The van der Waals surface area contributed by atoms with E-state index in [1.54, 1.807) is 4.68 Å². The van der Waals surface area contributed by atoms with Crippen LogP contribution >= 0.6 is 11.3 Å². The molecule has 8 heteroatoms. The highest BCUT2D eigenvalue weighted by Crippen LogP contribution is 2.22. The molecule has 0 bridgehead atoms. The van der Waals surface area contributed by atoms with Gasteiger partial charge in [0.25, 0.3) is 5.91 Å². The van der Waals surface area contributed by atoms with Gasteiger partial charge in [0.05, 0.1) is 5.69 Å². The molecule has 0 unspecified atom stereocenters. The Balaban J connectivity index is 1.71. The van der Waals surface area contributed by atoms with Crippen LogP contribution in [0.25, 0.3) is 17.1 Å². The third-order valence-electron chi connectivity index (χ3n) is 3.83. The van der Waals surface area contributed by atoms with Crippen molar-refractivity contribution >= 4 is 22.4 Å². The van der Waals surface area contributed by atoms with Gasteiger partial charge < -0.3 is 0 Å². The predicted molar refractivity (Wildman–Crippen MR) is 104 cm³/mol. The fraction of sp³-hybridized carbons (Fsp3) is 0.105. The molecule has 27 heavy (non-hydrogen) atoms. The van der Waals surface area contributed by atoms with E-state index in [0.717, 1.165) is 22.7 Å². The Hall–Kier alpha value is -3.39. The van der Waals surface area contributed by atoms with E-state index in [-0.39, 0.29) is 5.82 Å². The Morgan fingerprint density at radius 1 is 1.04 bits per heavy atom. The minimum atomic E-state index is -0.416. The van der Waals surface area contributed by atoms with Crippen molar-refractivity contribution in [3.05, 3.63) is 71.5 Å². The summed E-state index contributed by atoms with van der Waals surface area (Å²) in [5, 5.41) is 16.4. The third kappa shape index (κ3) is 3.61. The number of nitrogens with zero attached hydrogens (tertiary/aromatic N) is 5. The third-order valence-corrected chi connectivity index (χ3v) is 4.82. The van der Waals surface area contributed by atoms with E-state index in [9.17, 15) is 4.79 Å². The van der Waals surface area contributed by atoms with Crippen LogP contribution in [0.15, 0.2) is 60.7 Å². The zero-order valence-electron chi connectivity index (χ0n) is 14.5. The van der Waals surface area contributed by atoms with Crippen molar-refractivity contribution in [2.45, 2.75) is 13.3 Å². The molecule has 0 atom stereocenters. The number of hydrogen-bond acceptors (Lipinski definition) is 6. The molecule has 0 radical (unpaired) electrons. The molecule has 0 fully saturated rings.